The highest BCUT2D eigenvalue weighted by Gasteiger charge is 2.29. The van der Waals surface area contributed by atoms with Gasteiger partial charge in [0.15, 0.2) is 0 Å². The molecule has 0 spiro atoms. The van der Waals surface area contributed by atoms with Crippen molar-refractivity contribution in [3.8, 4) is 6.07 Å². The predicted octanol–water partition coefficient (Wildman–Crippen LogP) is 3.90. The Labute approximate surface area is 133 Å². The summed E-state index contributed by atoms with van der Waals surface area (Å²) in [5.74, 6) is 0.432. The SMILES string of the molecule is N#Cc1cc(Br)ccc1N1CC(CCN)c2ccccc21. The van der Waals surface area contributed by atoms with E-state index in [-0.39, 0.29) is 0 Å². The molecule has 0 fully saturated rings. The highest BCUT2D eigenvalue weighted by molar-refractivity contribution is 9.10. The van der Waals surface area contributed by atoms with Gasteiger partial charge >= 0.3 is 0 Å². The maximum atomic E-state index is 9.40. The molecule has 1 atom stereocenters. The summed E-state index contributed by atoms with van der Waals surface area (Å²) in [5.41, 5.74) is 9.92. The first kappa shape index (κ1) is 14.1. The lowest BCUT2D eigenvalue weighted by Crippen LogP contribution is -2.18. The number of hydrogen-bond acceptors (Lipinski definition) is 3. The van der Waals surface area contributed by atoms with Crippen molar-refractivity contribution in [2.24, 2.45) is 5.73 Å². The molecule has 1 heterocycles. The van der Waals surface area contributed by atoms with Crippen LogP contribution in [0.1, 0.15) is 23.5 Å². The predicted molar refractivity (Wildman–Crippen MR) is 88.7 cm³/mol. The summed E-state index contributed by atoms with van der Waals surface area (Å²) < 4.78 is 0.925. The van der Waals surface area contributed by atoms with Gasteiger partial charge in [0.1, 0.15) is 6.07 Å². The Kier molecular flexibility index (Phi) is 3.96. The van der Waals surface area contributed by atoms with Crippen LogP contribution in [0.2, 0.25) is 0 Å². The zero-order chi connectivity index (χ0) is 14.8. The summed E-state index contributed by atoms with van der Waals surface area (Å²) in [6, 6.07) is 16.5. The normalized spacial score (nSPS) is 16.6. The molecule has 0 radical (unpaired) electrons. The summed E-state index contributed by atoms with van der Waals surface area (Å²) in [5, 5.41) is 9.40. The van der Waals surface area contributed by atoms with Gasteiger partial charge < -0.3 is 10.6 Å². The Morgan fingerprint density at radius 1 is 1.24 bits per heavy atom. The van der Waals surface area contributed by atoms with E-state index in [2.05, 4.69) is 45.1 Å². The molecule has 2 aromatic carbocycles. The fourth-order valence-corrected chi connectivity index (χ4v) is 3.37. The first-order valence-electron chi connectivity index (χ1n) is 7.00. The fraction of sp³-hybridized carbons (Fsp3) is 0.235. The average molecular weight is 342 g/mol. The minimum Gasteiger partial charge on any atom is -0.340 e. The zero-order valence-electron chi connectivity index (χ0n) is 11.6. The molecule has 0 bridgehead atoms. The lowest BCUT2D eigenvalue weighted by Gasteiger charge is -2.21. The van der Waals surface area contributed by atoms with Gasteiger partial charge in [-0.2, -0.15) is 5.26 Å². The molecule has 1 aliphatic heterocycles. The highest BCUT2D eigenvalue weighted by atomic mass is 79.9. The summed E-state index contributed by atoms with van der Waals surface area (Å²) in [7, 11) is 0. The number of halogens is 1. The molecule has 3 nitrogen and oxygen atoms in total. The first-order chi connectivity index (χ1) is 10.2. The third-order valence-electron chi connectivity index (χ3n) is 3.96. The van der Waals surface area contributed by atoms with E-state index in [1.54, 1.807) is 0 Å². The van der Waals surface area contributed by atoms with E-state index in [0.717, 1.165) is 23.1 Å². The van der Waals surface area contributed by atoms with Crippen LogP contribution in [-0.2, 0) is 0 Å². The Hall–Kier alpha value is -1.83. The molecule has 2 aromatic rings. The molecule has 0 saturated carbocycles. The topological polar surface area (TPSA) is 53.0 Å². The number of hydrogen-bond donors (Lipinski definition) is 1. The summed E-state index contributed by atoms with van der Waals surface area (Å²) >= 11 is 3.43. The van der Waals surface area contributed by atoms with E-state index in [9.17, 15) is 5.26 Å². The van der Waals surface area contributed by atoms with Gasteiger partial charge in [0, 0.05) is 22.6 Å². The number of rotatable bonds is 3. The summed E-state index contributed by atoms with van der Waals surface area (Å²) in [6.45, 7) is 1.56. The van der Waals surface area contributed by atoms with E-state index in [1.165, 1.54) is 11.3 Å². The van der Waals surface area contributed by atoms with E-state index < -0.39 is 0 Å². The van der Waals surface area contributed by atoms with Crippen molar-refractivity contribution in [2.75, 3.05) is 18.0 Å². The Morgan fingerprint density at radius 2 is 2.05 bits per heavy atom. The number of anilines is 2. The largest absolute Gasteiger partial charge is 0.340 e. The number of para-hydroxylation sites is 1. The van der Waals surface area contributed by atoms with E-state index in [0.29, 0.717) is 18.0 Å². The van der Waals surface area contributed by atoms with Gasteiger partial charge in [-0.1, -0.05) is 34.1 Å². The Balaban J connectivity index is 2.07. The summed E-state index contributed by atoms with van der Waals surface area (Å²) in [6.07, 6.45) is 0.964. The van der Waals surface area contributed by atoms with Crippen LogP contribution in [0.4, 0.5) is 11.4 Å². The second-order valence-corrected chi connectivity index (χ2v) is 6.13. The van der Waals surface area contributed by atoms with E-state index in [1.807, 2.05) is 24.3 Å². The van der Waals surface area contributed by atoms with Gasteiger partial charge in [0.2, 0.25) is 0 Å². The number of fused-ring (bicyclic) bond motifs is 1. The number of nitriles is 1. The van der Waals surface area contributed by atoms with Gasteiger partial charge in [-0.05, 0) is 42.8 Å². The van der Waals surface area contributed by atoms with Crippen molar-refractivity contribution in [3.63, 3.8) is 0 Å². The molecule has 1 aliphatic rings. The number of benzene rings is 2. The van der Waals surface area contributed by atoms with Gasteiger partial charge in [-0.15, -0.1) is 0 Å². The van der Waals surface area contributed by atoms with Crippen LogP contribution in [0.15, 0.2) is 46.9 Å². The Morgan fingerprint density at radius 3 is 2.81 bits per heavy atom. The molecule has 3 rings (SSSR count). The van der Waals surface area contributed by atoms with Crippen molar-refractivity contribution in [2.45, 2.75) is 12.3 Å². The smallest absolute Gasteiger partial charge is 0.101 e. The second kappa shape index (κ2) is 5.88. The van der Waals surface area contributed by atoms with Crippen molar-refractivity contribution < 1.29 is 0 Å². The lowest BCUT2D eigenvalue weighted by atomic mass is 9.98. The maximum Gasteiger partial charge on any atom is 0.101 e. The van der Waals surface area contributed by atoms with Crippen molar-refractivity contribution >= 4 is 27.3 Å². The molecular weight excluding hydrogens is 326 g/mol. The van der Waals surface area contributed by atoms with Crippen LogP contribution in [0.5, 0.6) is 0 Å². The summed E-state index contributed by atoms with van der Waals surface area (Å²) in [4.78, 5) is 2.24. The molecule has 0 saturated heterocycles. The molecule has 21 heavy (non-hydrogen) atoms. The first-order valence-corrected chi connectivity index (χ1v) is 7.80. The van der Waals surface area contributed by atoms with Crippen LogP contribution in [-0.4, -0.2) is 13.1 Å². The van der Waals surface area contributed by atoms with Crippen molar-refractivity contribution in [3.05, 3.63) is 58.1 Å². The second-order valence-electron chi connectivity index (χ2n) is 5.22. The van der Waals surface area contributed by atoms with Gasteiger partial charge in [-0.3, -0.25) is 0 Å². The number of nitrogens with zero attached hydrogens (tertiary/aromatic N) is 2. The molecule has 1 unspecified atom stereocenters. The zero-order valence-corrected chi connectivity index (χ0v) is 13.2. The van der Waals surface area contributed by atoms with Crippen molar-refractivity contribution in [1.82, 2.24) is 0 Å². The van der Waals surface area contributed by atoms with E-state index in [4.69, 9.17) is 5.73 Å². The average Bonchev–Trinajstić information content (AvgIpc) is 2.86. The quantitative estimate of drug-likeness (QED) is 0.920. The molecule has 106 valence electrons. The van der Waals surface area contributed by atoms with Gasteiger partial charge in [0.25, 0.3) is 0 Å². The number of nitrogens with two attached hydrogens (primary N) is 1. The monoisotopic (exact) mass is 341 g/mol. The molecular formula is C17H16BrN3. The highest BCUT2D eigenvalue weighted by Crippen LogP contribution is 2.43. The molecule has 0 aromatic heterocycles. The Bertz CT molecular complexity index is 705. The fourth-order valence-electron chi connectivity index (χ4n) is 3.00. The van der Waals surface area contributed by atoms with Crippen LogP contribution in [0, 0.1) is 11.3 Å². The van der Waals surface area contributed by atoms with Crippen LogP contribution in [0.3, 0.4) is 0 Å². The third kappa shape index (κ3) is 2.55. The minimum atomic E-state index is 0.432. The molecule has 4 heteroatoms. The molecule has 0 aliphatic carbocycles. The molecule has 0 amide bonds. The van der Waals surface area contributed by atoms with Crippen molar-refractivity contribution in [1.29, 1.82) is 5.26 Å². The lowest BCUT2D eigenvalue weighted by molar-refractivity contribution is 0.668. The van der Waals surface area contributed by atoms with Crippen LogP contribution in [0.25, 0.3) is 0 Å². The standard InChI is InChI=1S/C17H16BrN3/c18-14-5-6-16(13(9-14)10-20)21-11-12(7-8-19)15-3-1-2-4-17(15)21/h1-6,9,12H,7-8,11,19H2. The third-order valence-corrected chi connectivity index (χ3v) is 4.45. The van der Waals surface area contributed by atoms with Crippen LogP contribution >= 0.6 is 15.9 Å². The minimum absolute atomic E-state index is 0.432. The van der Waals surface area contributed by atoms with Gasteiger partial charge in [-0.25, -0.2) is 0 Å². The molecule has 2 N–H and O–H groups in total. The van der Waals surface area contributed by atoms with E-state index >= 15 is 0 Å². The maximum absolute atomic E-state index is 9.40. The van der Waals surface area contributed by atoms with Crippen LogP contribution < -0.4 is 10.6 Å². The van der Waals surface area contributed by atoms with Gasteiger partial charge in [0.05, 0.1) is 11.3 Å².